The van der Waals surface area contributed by atoms with Crippen LogP contribution in [0.3, 0.4) is 0 Å². The number of rotatable bonds is 5. The second-order valence-electron chi connectivity index (χ2n) is 6.62. The van der Waals surface area contributed by atoms with Crippen LogP contribution in [-0.2, 0) is 20.0 Å². The summed E-state index contributed by atoms with van der Waals surface area (Å²) in [6.45, 7) is 5.28. The molecule has 23 heavy (non-hydrogen) atoms. The largest absolute Gasteiger partial charge is 0.385 e. The molecular weight excluding hydrogens is 286 g/mol. The number of nitrogens with zero attached hydrogens (tertiary/aromatic N) is 3. The minimum atomic E-state index is -0.444. The lowest BCUT2D eigenvalue weighted by atomic mass is 9.90. The number of aliphatic hydroxyl groups excluding tert-OH is 1. The number of hydrogen-bond donors (Lipinski definition) is 1. The molecule has 0 spiro atoms. The Morgan fingerprint density at radius 3 is 2.39 bits per heavy atom. The fraction of sp³-hybridized carbons (Fsp3) is 0.526. The Morgan fingerprint density at radius 1 is 1.17 bits per heavy atom. The molecule has 1 aliphatic heterocycles. The summed E-state index contributed by atoms with van der Waals surface area (Å²) in [5.41, 5.74) is 2.77. The molecular formula is C19H27N3O. The fourth-order valence-electron chi connectivity index (χ4n) is 3.44. The van der Waals surface area contributed by atoms with Crippen molar-refractivity contribution < 1.29 is 5.11 Å². The van der Waals surface area contributed by atoms with Gasteiger partial charge in [-0.25, -0.2) is 4.98 Å². The lowest BCUT2D eigenvalue weighted by molar-refractivity contribution is 0.0492. The summed E-state index contributed by atoms with van der Waals surface area (Å²) in [6.07, 6.45) is 6.36. The zero-order valence-corrected chi connectivity index (χ0v) is 14.2. The normalized spacial score (nSPS) is 18.2. The molecule has 0 amide bonds. The molecule has 0 radical (unpaired) electrons. The molecule has 0 aliphatic carbocycles. The molecule has 1 saturated heterocycles. The van der Waals surface area contributed by atoms with Gasteiger partial charge in [-0.15, -0.1) is 0 Å². The molecule has 2 heterocycles. The number of hydrogen-bond acceptors (Lipinski definition) is 3. The maximum Gasteiger partial charge on any atom is 0.137 e. The number of likely N-dealkylation sites (tertiary alicyclic amines) is 1. The minimum Gasteiger partial charge on any atom is -0.385 e. The van der Waals surface area contributed by atoms with Crippen LogP contribution in [0.1, 0.15) is 42.8 Å². The minimum absolute atomic E-state index is 0.315. The Kier molecular flexibility index (Phi) is 5.13. The van der Waals surface area contributed by atoms with Crippen molar-refractivity contribution in [1.29, 1.82) is 0 Å². The van der Waals surface area contributed by atoms with E-state index in [2.05, 4.69) is 41.1 Å². The van der Waals surface area contributed by atoms with Crippen molar-refractivity contribution in [3.8, 4) is 0 Å². The molecule has 1 aliphatic rings. The van der Waals surface area contributed by atoms with Crippen molar-refractivity contribution in [2.75, 3.05) is 13.1 Å². The molecule has 4 heteroatoms. The molecule has 1 fully saturated rings. The summed E-state index contributed by atoms with van der Waals surface area (Å²) < 4.78 is 1.92. The lowest BCUT2D eigenvalue weighted by Crippen LogP contribution is -2.35. The van der Waals surface area contributed by atoms with E-state index in [0.29, 0.717) is 5.92 Å². The second kappa shape index (κ2) is 7.28. The number of piperidine rings is 1. The third-order valence-electron chi connectivity index (χ3n) is 5.04. The van der Waals surface area contributed by atoms with E-state index in [1.54, 1.807) is 6.20 Å². The summed E-state index contributed by atoms with van der Waals surface area (Å²) in [5, 5.41) is 10.5. The van der Waals surface area contributed by atoms with Crippen LogP contribution in [0.25, 0.3) is 0 Å². The van der Waals surface area contributed by atoms with Crippen LogP contribution < -0.4 is 0 Å². The number of aliphatic hydroxyl groups is 1. The average Bonchev–Trinajstić information content (AvgIpc) is 3.02. The van der Waals surface area contributed by atoms with Crippen LogP contribution in [0, 0.1) is 5.92 Å². The van der Waals surface area contributed by atoms with Crippen LogP contribution in [0.2, 0.25) is 0 Å². The monoisotopic (exact) mass is 313 g/mol. The predicted octanol–water partition coefficient (Wildman–Crippen LogP) is 2.93. The maximum absolute atomic E-state index is 10.5. The first-order chi connectivity index (χ1) is 11.2. The fourth-order valence-corrected chi connectivity index (χ4v) is 3.44. The third-order valence-corrected chi connectivity index (χ3v) is 5.04. The Morgan fingerprint density at radius 2 is 1.83 bits per heavy atom. The summed E-state index contributed by atoms with van der Waals surface area (Å²) in [5.74, 6) is 1.11. The van der Waals surface area contributed by atoms with Crippen molar-refractivity contribution in [3.63, 3.8) is 0 Å². The average molecular weight is 313 g/mol. The quantitative estimate of drug-likeness (QED) is 0.923. The Hall–Kier alpha value is -1.65. The molecule has 1 aromatic carbocycles. The van der Waals surface area contributed by atoms with Gasteiger partial charge in [-0.1, -0.05) is 31.2 Å². The molecule has 1 N–H and O–H groups in total. The summed E-state index contributed by atoms with van der Waals surface area (Å²) in [7, 11) is 1.95. The van der Waals surface area contributed by atoms with Crippen LogP contribution in [-0.4, -0.2) is 32.6 Å². The lowest BCUT2D eigenvalue weighted by Gasteiger charge is -2.34. The smallest absolute Gasteiger partial charge is 0.137 e. The number of benzene rings is 1. The molecule has 4 nitrogen and oxygen atoms in total. The molecule has 124 valence electrons. The van der Waals surface area contributed by atoms with Crippen LogP contribution >= 0.6 is 0 Å². The van der Waals surface area contributed by atoms with E-state index in [1.165, 1.54) is 11.1 Å². The van der Waals surface area contributed by atoms with Crippen LogP contribution in [0.15, 0.2) is 36.7 Å². The number of imidazole rings is 1. The molecule has 0 bridgehead atoms. The first-order valence-electron chi connectivity index (χ1n) is 8.63. The Bertz CT molecular complexity index is 612. The SMILES string of the molecule is CCc1ccc(CN2CCC(C(O)c3nccn3C)CC2)cc1. The van der Waals surface area contributed by atoms with Gasteiger partial charge < -0.3 is 9.67 Å². The van der Waals surface area contributed by atoms with Crippen molar-refractivity contribution in [3.05, 3.63) is 53.6 Å². The van der Waals surface area contributed by atoms with E-state index in [4.69, 9.17) is 0 Å². The van der Waals surface area contributed by atoms with Gasteiger partial charge in [0.2, 0.25) is 0 Å². The standard InChI is InChI=1S/C19H27N3O/c1-3-15-4-6-16(7-5-15)14-22-11-8-17(9-12-22)18(23)19-20-10-13-21(19)2/h4-7,10,13,17-18,23H,3,8-9,11-12,14H2,1-2H3. The first kappa shape index (κ1) is 16.2. The van der Waals surface area contributed by atoms with E-state index < -0.39 is 6.10 Å². The Labute approximate surface area is 138 Å². The van der Waals surface area contributed by atoms with Gasteiger partial charge in [0.25, 0.3) is 0 Å². The molecule has 2 aromatic rings. The summed E-state index contributed by atoms with van der Waals surface area (Å²) in [6, 6.07) is 8.95. The summed E-state index contributed by atoms with van der Waals surface area (Å²) in [4.78, 5) is 6.78. The van der Waals surface area contributed by atoms with Crippen molar-refractivity contribution in [2.24, 2.45) is 13.0 Å². The molecule has 1 unspecified atom stereocenters. The van der Waals surface area contributed by atoms with E-state index in [9.17, 15) is 5.11 Å². The molecule has 3 rings (SSSR count). The first-order valence-corrected chi connectivity index (χ1v) is 8.63. The highest BCUT2D eigenvalue weighted by molar-refractivity contribution is 5.22. The van der Waals surface area contributed by atoms with Gasteiger partial charge >= 0.3 is 0 Å². The van der Waals surface area contributed by atoms with Crippen molar-refractivity contribution >= 4 is 0 Å². The molecule has 1 aromatic heterocycles. The van der Waals surface area contributed by atoms with Gasteiger partial charge in [-0.2, -0.15) is 0 Å². The van der Waals surface area contributed by atoms with Gasteiger partial charge in [-0.05, 0) is 49.4 Å². The summed E-state index contributed by atoms with van der Waals surface area (Å²) >= 11 is 0. The predicted molar refractivity (Wildman–Crippen MR) is 92.0 cm³/mol. The van der Waals surface area contributed by atoms with E-state index in [1.807, 2.05) is 17.8 Å². The zero-order valence-electron chi connectivity index (χ0n) is 14.2. The Balaban J connectivity index is 1.52. The van der Waals surface area contributed by atoms with Gasteiger partial charge in [-0.3, -0.25) is 4.90 Å². The van der Waals surface area contributed by atoms with Gasteiger partial charge in [0.1, 0.15) is 11.9 Å². The second-order valence-corrected chi connectivity index (χ2v) is 6.62. The van der Waals surface area contributed by atoms with Crippen molar-refractivity contribution in [1.82, 2.24) is 14.5 Å². The highest BCUT2D eigenvalue weighted by Crippen LogP contribution is 2.30. The van der Waals surface area contributed by atoms with Gasteiger partial charge in [0.05, 0.1) is 0 Å². The van der Waals surface area contributed by atoms with Gasteiger partial charge in [0, 0.05) is 26.0 Å². The number of aromatic nitrogens is 2. The molecule has 1 atom stereocenters. The van der Waals surface area contributed by atoms with Crippen molar-refractivity contribution in [2.45, 2.75) is 38.8 Å². The zero-order chi connectivity index (χ0) is 16.2. The topological polar surface area (TPSA) is 41.3 Å². The maximum atomic E-state index is 10.5. The third kappa shape index (κ3) is 3.82. The van der Waals surface area contributed by atoms with Crippen LogP contribution in [0.5, 0.6) is 0 Å². The van der Waals surface area contributed by atoms with E-state index in [0.717, 1.165) is 44.7 Å². The van der Waals surface area contributed by atoms with E-state index >= 15 is 0 Å². The number of aryl methyl sites for hydroxylation is 2. The van der Waals surface area contributed by atoms with Crippen LogP contribution in [0.4, 0.5) is 0 Å². The van der Waals surface area contributed by atoms with Gasteiger partial charge in [0.15, 0.2) is 0 Å². The highest BCUT2D eigenvalue weighted by Gasteiger charge is 2.28. The van der Waals surface area contributed by atoms with E-state index in [-0.39, 0.29) is 0 Å². The molecule has 0 saturated carbocycles. The highest BCUT2D eigenvalue weighted by atomic mass is 16.3.